The molecule has 0 aliphatic carbocycles. The van der Waals surface area contributed by atoms with E-state index in [1.165, 1.54) is 6.07 Å². The van der Waals surface area contributed by atoms with Crippen molar-refractivity contribution in [1.82, 2.24) is 14.8 Å². The van der Waals surface area contributed by atoms with E-state index in [2.05, 4.69) is 10.4 Å². The molecule has 4 aromatic rings. The van der Waals surface area contributed by atoms with Gasteiger partial charge in [0.15, 0.2) is 5.82 Å². The molecule has 0 radical (unpaired) electrons. The number of fused-ring (bicyclic) bond motifs is 1. The Morgan fingerprint density at radius 2 is 1.82 bits per heavy atom. The molecular formula is C21H16Cl2N4O. The number of benzene rings is 2. The number of halogens is 2. The molecule has 2 aromatic heterocycles. The minimum atomic E-state index is -0.347. The summed E-state index contributed by atoms with van der Waals surface area (Å²) < 4.78 is 1.62. The van der Waals surface area contributed by atoms with E-state index in [1.807, 2.05) is 44.2 Å². The predicted octanol–water partition coefficient (Wildman–Crippen LogP) is 5.60. The largest absolute Gasteiger partial charge is 0.306 e. The van der Waals surface area contributed by atoms with Crippen molar-refractivity contribution in [2.45, 2.75) is 13.8 Å². The van der Waals surface area contributed by atoms with Gasteiger partial charge in [0.1, 0.15) is 5.82 Å². The Hall–Kier alpha value is -2.89. The fraction of sp³-hybridized carbons (Fsp3) is 0.0952. The number of nitrogens with zero attached hydrogens (tertiary/aromatic N) is 3. The molecule has 0 bridgehead atoms. The molecule has 0 spiro atoms. The van der Waals surface area contributed by atoms with Crippen LogP contribution in [0.15, 0.2) is 54.6 Å². The highest BCUT2D eigenvalue weighted by Gasteiger charge is 2.16. The quantitative estimate of drug-likeness (QED) is 0.478. The van der Waals surface area contributed by atoms with Gasteiger partial charge in [-0.1, -0.05) is 41.4 Å². The van der Waals surface area contributed by atoms with Crippen molar-refractivity contribution in [1.29, 1.82) is 0 Å². The molecule has 7 heteroatoms. The molecular weight excluding hydrogens is 395 g/mol. The van der Waals surface area contributed by atoms with Crippen LogP contribution >= 0.6 is 23.2 Å². The molecule has 0 unspecified atom stereocenters. The average Bonchev–Trinajstić information content (AvgIpc) is 3.01. The number of carbonyl (C=O) groups excluding carboxylic acids is 1. The van der Waals surface area contributed by atoms with Crippen LogP contribution in [0.2, 0.25) is 10.0 Å². The number of hydrogen-bond donors (Lipinski definition) is 1. The van der Waals surface area contributed by atoms with Crippen LogP contribution in [-0.2, 0) is 0 Å². The number of hydrogen-bond acceptors (Lipinski definition) is 3. The first-order valence-electron chi connectivity index (χ1n) is 8.62. The lowest BCUT2D eigenvalue weighted by molar-refractivity contribution is 0.102. The van der Waals surface area contributed by atoms with E-state index in [4.69, 9.17) is 28.2 Å². The fourth-order valence-corrected chi connectivity index (χ4v) is 3.55. The van der Waals surface area contributed by atoms with Crippen LogP contribution in [0.5, 0.6) is 0 Å². The maximum absolute atomic E-state index is 12.7. The highest BCUT2D eigenvalue weighted by Crippen LogP contribution is 2.25. The number of para-hydroxylation sites is 1. The third-order valence-corrected chi connectivity index (χ3v) is 4.92. The molecule has 0 saturated heterocycles. The Morgan fingerprint density at radius 1 is 1.04 bits per heavy atom. The van der Waals surface area contributed by atoms with Crippen molar-refractivity contribution in [2.24, 2.45) is 0 Å². The zero-order chi connectivity index (χ0) is 19.8. The molecule has 140 valence electrons. The smallest absolute Gasteiger partial charge is 0.258 e. The zero-order valence-electron chi connectivity index (χ0n) is 15.2. The average molecular weight is 411 g/mol. The van der Waals surface area contributed by atoms with Crippen LogP contribution in [0.4, 0.5) is 5.82 Å². The van der Waals surface area contributed by atoms with Gasteiger partial charge in [0.25, 0.3) is 5.91 Å². The number of carbonyl (C=O) groups is 1. The monoisotopic (exact) mass is 410 g/mol. The van der Waals surface area contributed by atoms with Crippen molar-refractivity contribution < 1.29 is 4.79 Å². The summed E-state index contributed by atoms with van der Waals surface area (Å²) >= 11 is 12.1. The maximum atomic E-state index is 12.7. The molecule has 5 nitrogen and oxygen atoms in total. The van der Waals surface area contributed by atoms with Gasteiger partial charge in [-0.2, -0.15) is 9.78 Å². The summed E-state index contributed by atoms with van der Waals surface area (Å²) in [7, 11) is 0. The Balaban J connectivity index is 1.74. The molecule has 1 amide bonds. The summed E-state index contributed by atoms with van der Waals surface area (Å²) in [6.07, 6.45) is 0. The van der Waals surface area contributed by atoms with Crippen molar-refractivity contribution in [3.05, 3.63) is 81.5 Å². The summed E-state index contributed by atoms with van der Waals surface area (Å²) in [5, 5.41) is 9.20. The predicted molar refractivity (Wildman–Crippen MR) is 113 cm³/mol. The normalized spacial score (nSPS) is 11.0. The highest BCUT2D eigenvalue weighted by atomic mass is 35.5. The van der Waals surface area contributed by atoms with Crippen molar-refractivity contribution in [2.75, 3.05) is 5.32 Å². The van der Waals surface area contributed by atoms with Gasteiger partial charge in [-0.25, -0.2) is 4.98 Å². The van der Waals surface area contributed by atoms with Crippen LogP contribution in [0.1, 0.15) is 21.6 Å². The number of amides is 1. The minimum Gasteiger partial charge on any atom is -0.306 e. The summed E-state index contributed by atoms with van der Waals surface area (Å²) in [6, 6.07) is 16.4. The Bertz CT molecular complexity index is 1220. The van der Waals surface area contributed by atoms with Crippen LogP contribution in [-0.4, -0.2) is 20.7 Å². The maximum Gasteiger partial charge on any atom is 0.258 e. The molecule has 0 aliphatic rings. The minimum absolute atomic E-state index is 0.285. The number of aryl methyl sites for hydroxylation is 2. The molecule has 0 saturated carbocycles. The molecule has 28 heavy (non-hydrogen) atoms. The Labute approximate surface area is 171 Å². The van der Waals surface area contributed by atoms with Gasteiger partial charge < -0.3 is 5.32 Å². The second-order valence-electron chi connectivity index (χ2n) is 6.48. The lowest BCUT2D eigenvalue weighted by Gasteiger charge is -2.11. The van der Waals surface area contributed by atoms with E-state index in [-0.39, 0.29) is 10.9 Å². The summed E-state index contributed by atoms with van der Waals surface area (Å²) in [5.41, 5.74) is 3.03. The highest BCUT2D eigenvalue weighted by molar-refractivity contribution is 6.37. The first-order valence-corrected chi connectivity index (χ1v) is 9.38. The third kappa shape index (κ3) is 3.46. The molecule has 2 heterocycles. The van der Waals surface area contributed by atoms with Gasteiger partial charge in [-0.3, -0.25) is 4.79 Å². The first kappa shape index (κ1) is 18.5. The molecule has 4 rings (SSSR count). The van der Waals surface area contributed by atoms with Gasteiger partial charge in [0, 0.05) is 16.5 Å². The van der Waals surface area contributed by atoms with E-state index in [9.17, 15) is 4.79 Å². The lowest BCUT2D eigenvalue weighted by Crippen LogP contribution is -2.16. The Morgan fingerprint density at radius 3 is 2.61 bits per heavy atom. The third-order valence-electron chi connectivity index (χ3n) is 4.38. The molecule has 0 aliphatic heterocycles. The van der Waals surface area contributed by atoms with Crippen LogP contribution in [0.3, 0.4) is 0 Å². The lowest BCUT2D eigenvalue weighted by atomic mass is 10.1. The first-order chi connectivity index (χ1) is 13.4. The standard InChI is InChI=1S/C21H16Cl2N4O/c1-12-9-19(24-18-6-4-3-5-15(12)18)27-20(10-13(2)26-27)25-21(28)16-8-7-14(22)11-17(16)23/h3-11H,1-2H3,(H,25,28). The van der Waals surface area contributed by atoms with Crippen LogP contribution in [0, 0.1) is 13.8 Å². The summed E-state index contributed by atoms with van der Waals surface area (Å²) in [5.74, 6) is 0.790. The Kier molecular flexibility index (Phi) is 4.79. The molecule has 0 atom stereocenters. The topological polar surface area (TPSA) is 59.8 Å². The van der Waals surface area contributed by atoms with Gasteiger partial charge in [-0.05, 0) is 49.7 Å². The summed E-state index contributed by atoms with van der Waals surface area (Å²) in [4.78, 5) is 17.4. The number of nitrogens with one attached hydrogen (secondary N) is 1. The van der Waals surface area contributed by atoms with Crippen molar-refractivity contribution >= 4 is 45.8 Å². The number of aromatic nitrogens is 3. The van der Waals surface area contributed by atoms with Gasteiger partial charge in [-0.15, -0.1) is 0 Å². The van der Waals surface area contributed by atoms with E-state index in [0.717, 1.165) is 22.2 Å². The number of anilines is 1. The van der Waals surface area contributed by atoms with E-state index >= 15 is 0 Å². The molecule has 2 aromatic carbocycles. The second kappa shape index (κ2) is 7.26. The second-order valence-corrected chi connectivity index (χ2v) is 7.32. The van der Waals surface area contributed by atoms with E-state index in [1.54, 1.807) is 22.9 Å². The van der Waals surface area contributed by atoms with Gasteiger partial charge in [0.2, 0.25) is 0 Å². The SMILES string of the molecule is Cc1cc(NC(=O)c2ccc(Cl)cc2Cl)n(-c2cc(C)c3ccccc3n2)n1. The van der Waals surface area contributed by atoms with Gasteiger partial charge in [0.05, 0.1) is 21.8 Å². The zero-order valence-corrected chi connectivity index (χ0v) is 16.7. The number of pyridine rings is 1. The van der Waals surface area contributed by atoms with Crippen molar-refractivity contribution in [3.63, 3.8) is 0 Å². The number of rotatable bonds is 3. The van der Waals surface area contributed by atoms with Crippen LogP contribution < -0.4 is 5.32 Å². The van der Waals surface area contributed by atoms with Crippen molar-refractivity contribution in [3.8, 4) is 5.82 Å². The van der Waals surface area contributed by atoms with E-state index < -0.39 is 0 Å². The summed E-state index contributed by atoms with van der Waals surface area (Å²) in [6.45, 7) is 3.88. The van der Waals surface area contributed by atoms with E-state index in [0.29, 0.717) is 22.2 Å². The molecule has 1 N–H and O–H groups in total. The van der Waals surface area contributed by atoms with Gasteiger partial charge >= 0.3 is 0 Å². The molecule has 0 fully saturated rings. The fourth-order valence-electron chi connectivity index (χ4n) is 3.06. The van der Waals surface area contributed by atoms with Crippen LogP contribution in [0.25, 0.3) is 16.7 Å².